The van der Waals surface area contributed by atoms with Gasteiger partial charge in [0.1, 0.15) is 5.75 Å². The second-order valence-corrected chi connectivity index (χ2v) is 9.64. The zero-order valence-electron chi connectivity index (χ0n) is 17.0. The van der Waals surface area contributed by atoms with Crippen LogP contribution in [0.25, 0.3) is 0 Å². The summed E-state index contributed by atoms with van der Waals surface area (Å²) in [5.74, 6) is 2.40. The second-order valence-electron chi connectivity index (χ2n) is 7.31. The van der Waals surface area contributed by atoms with Gasteiger partial charge in [0.25, 0.3) is 0 Å². The fraction of sp³-hybridized carbons (Fsp3) is 0.632. The van der Waals surface area contributed by atoms with Crippen molar-refractivity contribution >= 4 is 46.4 Å². The molecule has 1 fully saturated rings. The molecule has 1 aliphatic rings. The molecular weight excluding hydrogens is 475 g/mol. The Labute approximate surface area is 183 Å². The highest BCUT2D eigenvalue weighted by Crippen LogP contribution is 2.22. The topological polar surface area (TPSA) is 57.2 Å². The van der Waals surface area contributed by atoms with Gasteiger partial charge in [-0.25, -0.2) is 0 Å². The Bertz CT molecular complexity index is 641. The van der Waals surface area contributed by atoms with Gasteiger partial charge in [-0.3, -0.25) is 9.20 Å². The summed E-state index contributed by atoms with van der Waals surface area (Å²) in [6.07, 6.45) is 0. The summed E-state index contributed by atoms with van der Waals surface area (Å²) in [7, 11) is 2.65. The highest BCUT2D eigenvalue weighted by atomic mass is 127. The number of hydrogen-bond acceptors (Lipinski definition) is 4. The van der Waals surface area contributed by atoms with E-state index in [4.69, 9.17) is 4.74 Å². The fourth-order valence-corrected chi connectivity index (χ4v) is 3.78. The summed E-state index contributed by atoms with van der Waals surface area (Å²) in [4.78, 5) is 9.01. The average molecular weight is 508 g/mol. The first-order valence-electron chi connectivity index (χ1n) is 9.08. The van der Waals surface area contributed by atoms with E-state index in [1.807, 2.05) is 32.9 Å². The molecule has 2 rings (SSSR count). The molecule has 1 unspecified atom stereocenters. The minimum atomic E-state index is -0.851. The van der Waals surface area contributed by atoms with E-state index in [1.54, 1.807) is 14.2 Å². The Kier molecular flexibility index (Phi) is 9.86. The van der Waals surface area contributed by atoms with Gasteiger partial charge in [0.2, 0.25) is 0 Å². The molecule has 0 spiro atoms. The SMILES string of the molecule is CN=C(NCCS(=O)C(C)(C)C)N1CCN(c2cccc(OC)c2)CC1.I. The molecule has 1 atom stereocenters. The van der Waals surface area contributed by atoms with Crippen LogP contribution in [-0.2, 0) is 10.8 Å². The van der Waals surface area contributed by atoms with Crippen molar-refractivity contribution in [1.29, 1.82) is 0 Å². The van der Waals surface area contributed by atoms with Crippen molar-refractivity contribution in [2.24, 2.45) is 4.99 Å². The number of halogens is 1. The fourth-order valence-electron chi connectivity index (χ4n) is 2.88. The van der Waals surface area contributed by atoms with Crippen LogP contribution in [0.5, 0.6) is 5.75 Å². The molecule has 1 N–H and O–H groups in total. The van der Waals surface area contributed by atoms with Crippen LogP contribution in [0.4, 0.5) is 5.69 Å². The highest BCUT2D eigenvalue weighted by Gasteiger charge is 2.21. The molecule has 1 aliphatic heterocycles. The normalized spacial score (nSPS) is 16.6. The van der Waals surface area contributed by atoms with Crippen molar-refractivity contribution in [3.8, 4) is 5.75 Å². The van der Waals surface area contributed by atoms with Crippen LogP contribution in [-0.4, -0.2) is 72.4 Å². The number of hydrogen-bond donors (Lipinski definition) is 1. The largest absolute Gasteiger partial charge is 0.497 e. The second kappa shape index (κ2) is 11.1. The minimum absolute atomic E-state index is 0. The molecule has 1 aromatic carbocycles. The number of aliphatic imine (C=N–C) groups is 1. The predicted molar refractivity (Wildman–Crippen MR) is 126 cm³/mol. The molecule has 0 bridgehead atoms. The number of nitrogens with zero attached hydrogens (tertiary/aromatic N) is 3. The number of piperazine rings is 1. The smallest absolute Gasteiger partial charge is 0.193 e. The van der Waals surface area contributed by atoms with Gasteiger partial charge in [0.15, 0.2) is 5.96 Å². The third-order valence-corrected chi connectivity index (χ3v) is 6.40. The number of ether oxygens (including phenoxy) is 1. The molecule has 1 heterocycles. The molecular formula is C19H33IN4O2S. The van der Waals surface area contributed by atoms with Crippen molar-refractivity contribution in [3.63, 3.8) is 0 Å². The van der Waals surface area contributed by atoms with E-state index in [1.165, 1.54) is 5.69 Å². The first-order chi connectivity index (χ1) is 12.3. The van der Waals surface area contributed by atoms with E-state index in [-0.39, 0.29) is 28.7 Å². The maximum Gasteiger partial charge on any atom is 0.193 e. The van der Waals surface area contributed by atoms with Crippen LogP contribution in [0.15, 0.2) is 29.3 Å². The molecule has 27 heavy (non-hydrogen) atoms. The third kappa shape index (κ3) is 7.14. The molecule has 1 saturated heterocycles. The quantitative estimate of drug-likeness (QED) is 0.377. The summed E-state index contributed by atoms with van der Waals surface area (Å²) < 4.78 is 17.3. The van der Waals surface area contributed by atoms with Crippen molar-refractivity contribution in [1.82, 2.24) is 10.2 Å². The van der Waals surface area contributed by atoms with E-state index in [0.29, 0.717) is 12.3 Å². The van der Waals surface area contributed by atoms with Crippen molar-refractivity contribution in [2.45, 2.75) is 25.5 Å². The molecule has 8 heteroatoms. The van der Waals surface area contributed by atoms with E-state index in [0.717, 1.165) is 37.9 Å². The van der Waals surface area contributed by atoms with Crippen molar-refractivity contribution in [2.75, 3.05) is 57.5 Å². The first kappa shape index (κ1) is 24.0. The summed E-state index contributed by atoms with van der Waals surface area (Å²) in [5.41, 5.74) is 1.19. The molecule has 0 amide bonds. The zero-order valence-corrected chi connectivity index (χ0v) is 20.2. The predicted octanol–water partition coefficient (Wildman–Crippen LogP) is 2.56. The van der Waals surface area contributed by atoms with Crippen LogP contribution in [0.3, 0.4) is 0 Å². The van der Waals surface area contributed by atoms with Gasteiger partial charge in [0, 0.05) is 72.8 Å². The van der Waals surface area contributed by atoms with Gasteiger partial charge in [-0.2, -0.15) is 0 Å². The van der Waals surface area contributed by atoms with Gasteiger partial charge < -0.3 is 19.9 Å². The highest BCUT2D eigenvalue weighted by molar-refractivity contribution is 14.0. The molecule has 6 nitrogen and oxygen atoms in total. The lowest BCUT2D eigenvalue weighted by Crippen LogP contribution is -2.53. The van der Waals surface area contributed by atoms with E-state index >= 15 is 0 Å². The zero-order chi connectivity index (χ0) is 19.2. The summed E-state index contributed by atoms with van der Waals surface area (Å²) in [6.45, 7) is 10.4. The maximum absolute atomic E-state index is 12.2. The van der Waals surface area contributed by atoms with Crippen LogP contribution < -0.4 is 15.0 Å². The molecule has 0 saturated carbocycles. The maximum atomic E-state index is 12.2. The molecule has 0 aromatic heterocycles. The number of nitrogens with one attached hydrogen (secondary N) is 1. The van der Waals surface area contributed by atoms with Crippen LogP contribution in [0.1, 0.15) is 20.8 Å². The number of methoxy groups -OCH3 is 1. The van der Waals surface area contributed by atoms with E-state index in [2.05, 4.69) is 32.2 Å². The lowest BCUT2D eigenvalue weighted by molar-refractivity contribution is 0.373. The molecule has 154 valence electrons. The lowest BCUT2D eigenvalue weighted by Gasteiger charge is -2.37. The Morgan fingerprint density at radius 3 is 2.48 bits per heavy atom. The number of benzene rings is 1. The summed E-state index contributed by atoms with van der Waals surface area (Å²) in [5, 5.41) is 3.36. The van der Waals surface area contributed by atoms with Gasteiger partial charge >= 0.3 is 0 Å². The van der Waals surface area contributed by atoms with Crippen LogP contribution >= 0.6 is 24.0 Å². The standard InChI is InChI=1S/C19H32N4O2S.HI/c1-19(2,3)26(24)14-9-21-18(20-4)23-12-10-22(11-13-23)16-7-6-8-17(15-16)25-5;/h6-8,15H,9-14H2,1-5H3,(H,20,21);1H. The summed E-state index contributed by atoms with van der Waals surface area (Å²) in [6, 6.07) is 8.18. The van der Waals surface area contributed by atoms with Crippen molar-refractivity contribution < 1.29 is 8.95 Å². The van der Waals surface area contributed by atoms with E-state index < -0.39 is 10.8 Å². The average Bonchev–Trinajstić information content (AvgIpc) is 2.64. The van der Waals surface area contributed by atoms with Gasteiger partial charge in [-0.1, -0.05) is 6.07 Å². The minimum Gasteiger partial charge on any atom is -0.497 e. The Balaban J connectivity index is 0.00000364. The number of guanidine groups is 1. The number of rotatable bonds is 5. The van der Waals surface area contributed by atoms with Crippen LogP contribution in [0, 0.1) is 0 Å². The van der Waals surface area contributed by atoms with Crippen LogP contribution in [0.2, 0.25) is 0 Å². The first-order valence-corrected chi connectivity index (χ1v) is 10.4. The van der Waals surface area contributed by atoms with Gasteiger partial charge in [-0.15, -0.1) is 24.0 Å². The molecule has 0 radical (unpaired) electrons. The van der Waals surface area contributed by atoms with Gasteiger partial charge in [-0.05, 0) is 32.9 Å². The third-order valence-electron chi connectivity index (χ3n) is 4.46. The number of anilines is 1. The monoisotopic (exact) mass is 508 g/mol. The van der Waals surface area contributed by atoms with E-state index in [9.17, 15) is 4.21 Å². The van der Waals surface area contributed by atoms with Gasteiger partial charge in [0.05, 0.1) is 7.11 Å². The summed E-state index contributed by atoms with van der Waals surface area (Å²) >= 11 is 0. The lowest BCUT2D eigenvalue weighted by atomic mass is 10.2. The molecule has 1 aromatic rings. The Morgan fingerprint density at radius 2 is 1.93 bits per heavy atom. The Morgan fingerprint density at radius 1 is 1.26 bits per heavy atom. The molecule has 0 aliphatic carbocycles. The Hall–Kier alpha value is -1.03. The van der Waals surface area contributed by atoms with Crippen molar-refractivity contribution in [3.05, 3.63) is 24.3 Å².